The van der Waals surface area contributed by atoms with E-state index in [4.69, 9.17) is 9.47 Å². The average molecular weight is 374 g/mol. The van der Waals surface area contributed by atoms with Gasteiger partial charge in [0.15, 0.2) is 0 Å². The number of piperidine rings is 1. The summed E-state index contributed by atoms with van der Waals surface area (Å²) in [4.78, 5) is 28.4. The Morgan fingerprint density at radius 2 is 1.56 bits per heavy atom. The van der Waals surface area contributed by atoms with E-state index in [9.17, 15) is 9.59 Å². The Bertz CT molecular complexity index is 593. The van der Waals surface area contributed by atoms with Crippen LogP contribution in [0.5, 0.6) is 5.75 Å². The van der Waals surface area contributed by atoms with Crippen LogP contribution in [-0.4, -0.2) is 67.6 Å². The number of hydrogen-bond acceptors (Lipinski definition) is 4. The highest BCUT2D eigenvalue weighted by Gasteiger charge is 2.24. The molecule has 2 heterocycles. The van der Waals surface area contributed by atoms with Crippen molar-refractivity contribution in [2.45, 2.75) is 32.1 Å². The van der Waals surface area contributed by atoms with Crippen LogP contribution in [0.15, 0.2) is 30.3 Å². The molecule has 0 radical (unpaired) electrons. The van der Waals surface area contributed by atoms with Gasteiger partial charge in [-0.25, -0.2) is 0 Å². The molecule has 0 atom stereocenters. The van der Waals surface area contributed by atoms with E-state index < -0.39 is 0 Å². The Morgan fingerprint density at radius 1 is 0.926 bits per heavy atom. The van der Waals surface area contributed by atoms with Crippen LogP contribution in [0.2, 0.25) is 0 Å². The Hall–Kier alpha value is -2.08. The molecule has 2 saturated heterocycles. The molecule has 0 spiro atoms. The molecule has 1 aromatic carbocycles. The van der Waals surface area contributed by atoms with E-state index in [-0.39, 0.29) is 11.8 Å². The largest absolute Gasteiger partial charge is 0.493 e. The third-order valence-electron chi connectivity index (χ3n) is 5.43. The fourth-order valence-electron chi connectivity index (χ4n) is 3.70. The smallest absolute Gasteiger partial charge is 0.225 e. The van der Waals surface area contributed by atoms with Crippen LogP contribution in [0.1, 0.15) is 32.1 Å². The normalized spacial score (nSPS) is 18.4. The molecular weight excluding hydrogens is 344 g/mol. The first-order chi connectivity index (χ1) is 13.2. The maximum Gasteiger partial charge on any atom is 0.225 e. The lowest BCUT2D eigenvalue weighted by molar-refractivity contribution is -0.136. The molecule has 0 N–H and O–H groups in total. The van der Waals surface area contributed by atoms with Crippen molar-refractivity contribution >= 4 is 11.8 Å². The van der Waals surface area contributed by atoms with Crippen LogP contribution >= 0.6 is 0 Å². The molecule has 0 aromatic heterocycles. The van der Waals surface area contributed by atoms with Crippen LogP contribution in [-0.2, 0) is 14.3 Å². The van der Waals surface area contributed by atoms with Gasteiger partial charge in [-0.2, -0.15) is 0 Å². The Labute approximate surface area is 161 Å². The summed E-state index contributed by atoms with van der Waals surface area (Å²) >= 11 is 0. The molecule has 2 amide bonds. The summed E-state index contributed by atoms with van der Waals surface area (Å²) in [6.45, 7) is 4.74. The van der Waals surface area contributed by atoms with Gasteiger partial charge in [0, 0.05) is 32.6 Å². The quantitative estimate of drug-likeness (QED) is 0.735. The number of morpholine rings is 1. The standard InChI is InChI=1S/C21H30N2O4/c24-20(23-13-16-26-17-14-23)7-6-18-8-11-22(12-9-18)21(25)10-15-27-19-4-2-1-3-5-19/h1-5,18H,6-17H2. The van der Waals surface area contributed by atoms with E-state index in [1.165, 1.54) is 0 Å². The summed E-state index contributed by atoms with van der Waals surface area (Å²) in [5.74, 6) is 1.75. The molecule has 3 rings (SSSR count). The Balaban J connectivity index is 1.30. The van der Waals surface area contributed by atoms with Gasteiger partial charge >= 0.3 is 0 Å². The number of hydrogen-bond donors (Lipinski definition) is 0. The third-order valence-corrected chi connectivity index (χ3v) is 5.43. The molecule has 0 bridgehead atoms. The van der Waals surface area contributed by atoms with Gasteiger partial charge in [-0.3, -0.25) is 9.59 Å². The molecule has 148 valence electrons. The van der Waals surface area contributed by atoms with E-state index in [0.717, 1.165) is 51.2 Å². The second kappa shape index (κ2) is 10.3. The minimum atomic E-state index is 0.161. The molecule has 2 aliphatic rings. The lowest BCUT2D eigenvalue weighted by Gasteiger charge is -2.33. The van der Waals surface area contributed by atoms with Crippen molar-refractivity contribution in [3.8, 4) is 5.75 Å². The summed E-state index contributed by atoms with van der Waals surface area (Å²) in [5.41, 5.74) is 0. The summed E-state index contributed by atoms with van der Waals surface area (Å²) < 4.78 is 10.9. The number of nitrogens with zero attached hydrogens (tertiary/aromatic N) is 2. The monoisotopic (exact) mass is 374 g/mol. The summed E-state index contributed by atoms with van der Waals surface area (Å²) in [6, 6.07) is 9.58. The summed E-state index contributed by atoms with van der Waals surface area (Å²) in [5, 5.41) is 0. The summed E-state index contributed by atoms with van der Waals surface area (Å²) in [7, 11) is 0. The first-order valence-corrected chi connectivity index (χ1v) is 10.0. The van der Waals surface area contributed by atoms with Gasteiger partial charge in [-0.05, 0) is 37.3 Å². The highest BCUT2D eigenvalue weighted by molar-refractivity contribution is 5.77. The van der Waals surface area contributed by atoms with Crippen LogP contribution in [0.3, 0.4) is 0 Å². The van der Waals surface area contributed by atoms with E-state index >= 15 is 0 Å². The molecule has 2 fully saturated rings. The van der Waals surface area contributed by atoms with Crippen LogP contribution in [0.25, 0.3) is 0 Å². The lowest BCUT2D eigenvalue weighted by Crippen LogP contribution is -2.41. The molecule has 6 nitrogen and oxygen atoms in total. The highest BCUT2D eigenvalue weighted by Crippen LogP contribution is 2.23. The minimum Gasteiger partial charge on any atom is -0.493 e. The molecule has 0 aliphatic carbocycles. The van der Waals surface area contributed by atoms with Crippen molar-refractivity contribution in [1.82, 2.24) is 9.80 Å². The number of likely N-dealkylation sites (tertiary alicyclic amines) is 1. The molecule has 1 aromatic rings. The van der Waals surface area contributed by atoms with Gasteiger partial charge < -0.3 is 19.3 Å². The van der Waals surface area contributed by atoms with Crippen molar-refractivity contribution in [3.63, 3.8) is 0 Å². The number of amides is 2. The topological polar surface area (TPSA) is 59.1 Å². The Kier molecular flexibility index (Phi) is 7.51. The maximum atomic E-state index is 12.3. The fourth-order valence-corrected chi connectivity index (χ4v) is 3.70. The number of ether oxygens (including phenoxy) is 2. The van der Waals surface area contributed by atoms with Crippen molar-refractivity contribution in [2.24, 2.45) is 5.92 Å². The summed E-state index contributed by atoms with van der Waals surface area (Å²) in [6.07, 6.45) is 3.93. The number of para-hydroxylation sites is 1. The van der Waals surface area contributed by atoms with Crippen molar-refractivity contribution in [3.05, 3.63) is 30.3 Å². The van der Waals surface area contributed by atoms with Crippen LogP contribution in [0, 0.1) is 5.92 Å². The zero-order chi connectivity index (χ0) is 18.9. The fraction of sp³-hybridized carbons (Fsp3) is 0.619. The third kappa shape index (κ3) is 6.24. The molecule has 0 saturated carbocycles. The molecule has 27 heavy (non-hydrogen) atoms. The number of carbonyl (C=O) groups is 2. The van der Waals surface area contributed by atoms with Crippen molar-refractivity contribution in [1.29, 1.82) is 0 Å². The maximum absolute atomic E-state index is 12.3. The first kappa shape index (κ1) is 19.7. The molecule has 2 aliphatic heterocycles. The predicted molar refractivity (Wildman–Crippen MR) is 102 cm³/mol. The van der Waals surface area contributed by atoms with Gasteiger partial charge in [-0.1, -0.05) is 18.2 Å². The minimum absolute atomic E-state index is 0.161. The van der Waals surface area contributed by atoms with Crippen molar-refractivity contribution < 1.29 is 19.1 Å². The second-order valence-electron chi connectivity index (χ2n) is 7.27. The van der Waals surface area contributed by atoms with Gasteiger partial charge in [0.05, 0.1) is 26.2 Å². The van der Waals surface area contributed by atoms with E-state index in [2.05, 4.69) is 0 Å². The van der Waals surface area contributed by atoms with Gasteiger partial charge in [0.2, 0.25) is 11.8 Å². The zero-order valence-electron chi connectivity index (χ0n) is 16.0. The van der Waals surface area contributed by atoms with E-state index in [1.807, 2.05) is 40.1 Å². The van der Waals surface area contributed by atoms with E-state index in [0.29, 0.717) is 38.6 Å². The average Bonchev–Trinajstić information content (AvgIpc) is 2.73. The number of carbonyl (C=O) groups excluding carboxylic acids is 2. The van der Waals surface area contributed by atoms with Gasteiger partial charge in [0.25, 0.3) is 0 Å². The SMILES string of the molecule is O=C(CCC1CCN(C(=O)CCOc2ccccc2)CC1)N1CCOCC1. The number of rotatable bonds is 7. The lowest BCUT2D eigenvalue weighted by atomic mass is 9.91. The van der Waals surface area contributed by atoms with E-state index in [1.54, 1.807) is 0 Å². The molecule has 0 unspecified atom stereocenters. The van der Waals surface area contributed by atoms with Gasteiger partial charge in [0.1, 0.15) is 5.75 Å². The van der Waals surface area contributed by atoms with Crippen LogP contribution < -0.4 is 4.74 Å². The first-order valence-electron chi connectivity index (χ1n) is 10.0. The molecule has 6 heteroatoms. The molecular formula is C21H30N2O4. The number of benzene rings is 1. The predicted octanol–water partition coefficient (Wildman–Crippen LogP) is 2.33. The Morgan fingerprint density at radius 3 is 2.26 bits per heavy atom. The van der Waals surface area contributed by atoms with Gasteiger partial charge in [-0.15, -0.1) is 0 Å². The second-order valence-corrected chi connectivity index (χ2v) is 7.27. The highest BCUT2D eigenvalue weighted by atomic mass is 16.5. The van der Waals surface area contributed by atoms with Crippen molar-refractivity contribution in [2.75, 3.05) is 46.0 Å². The van der Waals surface area contributed by atoms with Crippen LogP contribution in [0.4, 0.5) is 0 Å². The zero-order valence-corrected chi connectivity index (χ0v) is 16.0.